The van der Waals surface area contributed by atoms with E-state index in [2.05, 4.69) is 5.48 Å². The van der Waals surface area contributed by atoms with Gasteiger partial charge < -0.3 is 28.9 Å². The van der Waals surface area contributed by atoms with Gasteiger partial charge in [0.1, 0.15) is 18.3 Å². The molecule has 2 N–H and O–H groups in total. The molecule has 4 atom stereocenters. The molecule has 3 rings (SSSR count). The van der Waals surface area contributed by atoms with E-state index in [1.807, 2.05) is 27.7 Å². The number of ether oxygens (including phenoxy) is 5. The van der Waals surface area contributed by atoms with Crippen molar-refractivity contribution in [2.24, 2.45) is 0 Å². The van der Waals surface area contributed by atoms with Gasteiger partial charge in [-0.3, -0.25) is 0 Å². The Balaban J connectivity index is 1.89. The Morgan fingerprint density at radius 2 is 1.84 bits per heavy atom. The number of fused-ring (bicyclic) bond motifs is 3. The molecule has 3 aliphatic rings. The maximum Gasteiger partial charge on any atom is 0.215 e. The van der Waals surface area contributed by atoms with E-state index < -0.39 is 23.5 Å². The predicted molar refractivity (Wildman–Crippen MR) is 62.3 cm³/mol. The van der Waals surface area contributed by atoms with Gasteiger partial charge >= 0.3 is 0 Å². The van der Waals surface area contributed by atoms with Gasteiger partial charge in [0, 0.05) is 0 Å². The number of rotatable bonds is 2. The molecule has 3 heterocycles. The zero-order valence-corrected chi connectivity index (χ0v) is 11.6. The minimum absolute atomic E-state index is 0.105. The zero-order chi connectivity index (χ0) is 13.9. The number of hydrogen-bond acceptors (Lipinski definition) is 7. The van der Waals surface area contributed by atoms with Crippen LogP contribution in [-0.2, 0) is 23.7 Å². The quantitative estimate of drug-likeness (QED) is 0.705. The average Bonchev–Trinajstić information content (AvgIpc) is 2.71. The highest BCUT2D eigenvalue weighted by Crippen LogP contribution is 2.47. The van der Waals surface area contributed by atoms with Crippen molar-refractivity contribution in [3.05, 3.63) is 0 Å². The highest BCUT2D eigenvalue weighted by molar-refractivity contribution is 5.03. The van der Waals surface area contributed by atoms with Crippen LogP contribution in [0.25, 0.3) is 0 Å². The van der Waals surface area contributed by atoms with Crippen LogP contribution in [0.1, 0.15) is 27.7 Å². The van der Waals surface area contributed by atoms with Crippen LogP contribution in [0.4, 0.5) is 0 Å². The summed E-state index contributed by atoms with van der Waals surface area (Å²) in [6.45, 7) is 7.78. The maximum atomic E-state index is 9.04. The Bertz CT molecular complexity index is 373. The van der Waals surface area contributed by atoms with E-state index in [4.69, 9.17) is 28.9 Å². The van der Waals surface area contributed by atoms with Crippen molar-refractivity contribution < 1.29 is 28.9 Å². The summed E-state index contributed by atoms with van der Waals surface area (Å²) < 4.78 is 29.3. The Labute approximate surface area is 112 Å². The minimum atomic E-state index is -1.05. The second-order valence-electron chi connectivity index (χ2n) is 6.14. The molecule has 110 valence electrons. The molecule has 3 saturated heterocycles. The molecule has 3 fully saturated rings. The van der Waals surface area contributed by atoms with E-state index in [1.165, 1.54) is 0 Å². The first kappa shape index (κ1) is 13.7. The van der Waals surface area contributed by atoms with Crippen molar-refractivity contribution in [3.8, 4) is 0 Å². The second-order valence-corrected chi connectivity index (χ2v) is 6.14. The Morgan fingerprint density at radius 3 is 2.53 bits per heavy atom. The molecule has 3 aliphatic heterocycles. The fourth-order valence-corrected chi connectivity index (χ4v) is 3.09. The lowest BCUT2D eigenvalue weighted by Gasteiger charge is -2.40. The van der Waals surface area contributed by atoms with Crippen molar-refractivity contribution in [3.63, 3.8) is 0 Å². The summed E-state index contributed by atoms with van der Waals surface area (Å²) in [4.78, 5) is 0. The van der Waals surface area contributed by atoms with Gasteiger partial charge in [0.15, 0.2) is 11.6 Å². The SMILES string of the molecule is CC1(C)O[C@H]2[C@H]3OC(C)(C)O[C@]3(CNO)OC[C@H]2O1. The molecule has 0 aromatic heterocycles. The van der Waals surface area contributed by atoms with Crippen LogP contribution in [0.2, 0.25) is 0 Å². The molecule has 0 unspecified atom stereocenters. The Morgan fingerprint density at radius 1 is 1.11 bits per heavy atom. The van der Waals surface area contributed by atoms with Crippen LogP contribution in [-0.4, -0.2) is 54.0 Å². The molecule has 19 heavy (non-hydrogen) atoms. The molecule has 0 aromatic carbocycles. The van der Waals surface area contributed by atoms with Crippen molar-refractivity contribution in [2.75, 3.05) is 13.2 Å². The maximum absolute atomic E-state index is 9.04. The minimum Gasteiger partial charge on any atom is -0.343 e. The molecule has 7 nitrogen and oxygen atoms in total. The summed E-state index contributed by atoms with van der Waals surface area (Å²) in [6, 6.07) is 0. The molecular weight excluding hydrogens is 254 g/mol. The summed E-state index contributed by atoms with van der Waals surface area (Å²) in [6.07, 6.45) is -0.925. The zero-order valence-electron chi connectivity index (χ0n) is 11.6. The van der Waals surface area contributed by atoms with E-state index >= 15 is 0 Å². The third kappa shape index (κ3) is 2.19. The summed E-state index contributed by atoms with van der Waals surface area (Å²) in [5.74, 6) is -2.52. The first-order valence-corrected chi connectivity index (χ1v) is 6.51. The van der Waals surface area contributed by atoms with Gasteiger partial charge in [-0.2, -0.15) is 0 Å². The molecule has 0 bridgehead atoms. The van der Waals surface area contributed by atoms with Crippen molar-refractivity contribution in [1.82, 2.24) is 5.48 Å². The second kappa shape index (κ2) is 4.11. The molecule has 0 aromatic rings. The fraction of sp³-hybridized carbons (Fsp3) is 1.00. The first-order valence-electron chi connectivity index (χ1n) is 6.51. The monoisotopic (exact) mass is 275 g/mol. The number of nitrogens with one attached hydrogen (secondary N) is 1. The standard InChI is InChI=1S/C12H21NO6/c1-10(2)16-7-5-15-12(6-13-14)9(8(7)17-10)18-11(3,4)19-12/h7-9,13-14H,5-6H2,1-4H3/t7-,8-,9-,12+/m1/s1. The molecule has 0 radical (unpaired) electrons. The molecule has 0 amide bonds. The summed E-state index contributed by atoms with van der Waals surface area (Å²) in [5.41, 5.74) is 2.11. The summed E-state index contributed by atoms with van der Waals surface area (Å²) in [5, 5.41) is 9.04. The smallest absolute Gasteiger partial charge is 0.215 e. The Kier molecular flexibility index (Phi) is 2.96. The first-order chi connectivity index (χ1) is 8.77. The van der Waals surface area contributed by atoms with Crippen LogP contribution in [0.3, 0.4) is 0 Å². The van der Waals surface area contributed by atoms with Crippen LogP contribution in [0, 0.1) is 0 Å². The van der Waals surface area contributed by atoms with E-state index in [0.29, 0.717) is 6.61 Å². The molecular formula is C12H21NO6. The van der Waals surface area contributed by atoms with Gasteiger partial charge in [0.25, 0.3) is 0 Å². The van der Waals surface area contributed by atoms with Gasteiger partial charge in [0.05, 0.1) is 13.2 Å². The fourth-order valence-electron chi connectivity index (χ4n) is 3.09. The predicted octanol–water partition coefficient (Wildman–Crippen LogP) is 0.363. The van der Waals surface area contributed by atoms with Crippen molar-refractivity contribution in [1.29, 1.82) is 0 Å². The van der Waals surface area contributed by atoms with Gasteiger partial charge in [-0.05, 0) is 27.7 Å². The Hall–Kier alpha value is -0.280. The van der Waals surface area contributed by atoms with E-state index in [1.54, 1.807) is 0 Å². The van der Waals surface area contributed by atoms with Crippen LogP contribution < -0.4 is 5.48 Å². The van der Waals surface area contributed by atoms with E-state index in [9.17, 15) is 0 Å². The van der Waals surface area contributed by atoms with Gasteiger partial charge in [0.2, 0.25) is 5.79 Å². The largest absolute Gasteiger partial charge is 0.343 e. The van der Waals surface area contributed by atoms with Gasteiger partial charge in [-0.1, -0.05) is 0 Å². The van der Waals surface area contributed by atoms with Crippen LogP contribution >= 0.6 is 0 Å². The van der Waals surface area contributed by atoms with Gasteiger partial charge in [-0.15, -0.1) is 0 Å². The normalized spacial score (nSPS) is 46.9. The van der Waals surface area contributed by atoms with Crippen LogP contribution in [0.15, 0.2) is 0 Å². The lowest BCUT2D eigenvalue weighted by atomic mass is 9.97. The summed E-state index contributed by atoms with van der Waals surface area (Å²) >= 11 is 0. The topological polar surface area (TPSA) is 78.4 Å². The van der Waals surface area contributed by atoms with Crippen LogP contribution in [0.5, 0.6) is 0 Å². The lowest BCUT2D eigenvalue weighted by molar-refractivity contribution is -0.283. The highest BCUT2D eigenvalue weighted by atomic mass is 16.9. The van der Waals surface area contributed by atoms with E-state index in [0.717, 1.165) is 0 Å². The molecule has 7 heteroatoms. The van der Waals surface area contributed by atoms with E-state index in [-0.39, 0.29) is 18.8 Å². The molecule has 0 aliphatic carbocycles. The number of hydroxylamine groups is 1. The third-order valence-electron chi connectivity index (χ3n) is 3.60. The highest BCUT2D eigenvalue weighted by Gasteiger charge is 2.65. The lowest BCUT2D eigenvalue weighted by Crippen LogP contribution is -2.62. The summed E-state index contributed by atoms with van der Waals surface area (Å²) in [7, 11) is 0. The number of hydrogen-bond donors (Lipinski definition) is 2. The third-order valence-corrected chi connectivity index (χ3v) is 3.60. The molecule has 0 saturated carbocycles. The molecule has 0 spiro atoms. The average molecular weight is 275 g/mol. The van der Waals surface area contributed by atoms with Crippen molar-refractivity contribution in [2.45, 2.75) is 63.4 Å². The van der Waals surface area contributed by atoms with Gasteiger partial charge in [-0.25, -0.2) is 5.48 Å². The van der Waals surface area contributed by atoms with Crippen molar-refractivity contribution >= 4 is 0 Å².